The maximum absolute atomic E-state index is 13.1. The number of hydrogen-bond donors (Lipinski definition) is 2. The molecule has 0 spiro atoms. The first-order chi connectivity index (χ1) is 6.16. The molecule has 0 aromatic carbocycles. The Balaban J connectivity index is 2.53. The van der Waals surface area contributed by atoms with Gasteiger partial charge in [0.05, 0.1) is 25.3 Å². The van der Waals surface area contributed by atoms with Crippen molar-refractivity contribution in [3.05, 3.63) is 10.4 Å². The van der Waals surface area contributed by atoms with Crippen molar-refractivity contribution in [3.8, 4) is 0 Å². The molecular weight excluding hydrogens is 179 g/mol. The number of alkyl halides is 1. The fraction of sp³-hybridized carbons (Fsp3) is 1.00. The molecule has 1 aliphatic heterocycles. The van der Waals surface area contributed by atoms with Gasteiger partial charge in [0.2, 0.25) is 0 Å². The van der Waals surface area contributed by atoms with E-state index in [-0.39, 0.29) is 13.2 Å². The molecule has 74 valence electrons. The Morgan fingerprint density at radius 2 is 2.46 bits per heavy atom. The Morgan fingerprint density at radius 1 is 1.77 bits per heavy atom. The second-order valence-corrected chi connectivity index (χ2v) is 2.88. The van der Waals surface area contributed by atoms with Gasteiger partial charge in [0.25, 0.3) is 0 Å². The topological polar surface area (TPSA) is 104 Å². The lowest BCUT2D eigenvalue weighted by atomic mass is 10.0. The van der Waals surface area contributed by atoms with Gasteiger partial charge in [-0.25, -0.2) is 4.39 Å². The minimum Gasteiger partial charge on any atom is -0.387 e. The lowest BCUT2D eigenvalue weighted by Gasteiger charge is -2.33. The first-order valence-corrected chi connectivity index (χ1v) is 3.87. The summed E-state index contributed by atoms with van der Waals surface area (Å²) in [4.78, 5) is 2.49. The van der Waals surface area contributed by atoms with Crippen LogP contribution in [0.3, 0.4) is 0 Å². The van der Waals surface area contributed by atoms with Crippen molar-refractivity contribution in [2.75, 3.05) is 13.2 Å². The second kappa shape index (κ2) is 4.38. The highest BCUT2D eigenvalue weighted by atomic mass is 19.1. The molecule has 0 aromatic heterocycles. The van der Waals surface area contributed by atoms with Gasteiger partial charge in [-0.2, -0.15) is 0 Å². The van der Waals surface area contributed by atoms with Gasteiger partial charge >= 0.3 is 0 Å². The van der Waals surface area contributed by atoms with Crippen molar-refractivity contribution in [1.29, 1.82) is 0 Å². The predicted molar refractivity (Wildman–Crippen MR) is 42.6 cm³/mol. The summed E-state index contributed by atoms with van der Waals surface area (Å²) in [5.41, 5.74) is 13.3. The Bertz CT molecular complexity index is 221. The Hall–Kier alpha value is -0.880. The molecule has 4 atom stereocenters. The molecule has 13 heavy (non-hydrogen) atoms. The molecular formula is C6H11FN4O2. The van der Waals surface area contributed by atoms with Gasteiger partial charge in [-0.05, 0) is 5.53 Å². The number of nitrogens with two attached hydrogens (primary N) is 1. The summed E-state index contributed by atoms with van der Waals surface area (Å²) in [7, 11) is 0. The summed E-state index contributed by atoms with van der Waals surface area (Å²) in [6.07, 6.45) is -3.62. The van der Waals surface area contributed by atoms with Crippen molar-refractivity contribution in [2.24, 2.45) is 10.8 Å². The van der Waals surface area contributed by atoms with Crippen LogP contribution in [0, 0.1) is 0 Å². The quantitative estimate of drug-likeness (QED) is 0.355. The maximum Gasteiger partial charge on any atom is 0.146 e. The van der Waals surface area contributed by atoms with Crippen LogP contribution < -0.4 is 5.73 Å². The van der Waals surface area contributed by atoms with Crippen LogP contribution in [0.5, 0.6) is 0 Å². The van der Waals surface area contributed by atoms with E-state index < -0.39 is 24.4 Å². The van der Waals surface area contributed by atoms with Gasteiger partial charge in [0.15, 0.2) is 0 Å². The molecule has 0 unspecified atom stereocenters. The molecule has 6 nitrogen and oxygen atoms in total. The first-order valence-electron chi connectivity index (χ1n) is 3.87. The predicted octanol–water partition coefficient (Wildman–Crippen LogP) is -0.278. The van der Waals surface area contributed by atoms with Crippen LogP contribution in [0.2, 0.25) is 0 Å². The lowest BCUT2D eigenvalue weighted by molar-refractivity contribution is -0.116. The van der Waals surface area contributed by atoms with E-state index in [1.165, 1.54) is 0 Å². The van der Waals surface area contributed by atoms with Crippen LogP contribution in [0.1, 0.15) is 0 Å². The van der Waals surface area contributed by atoms with E-state index >= 15 is 0 Å². The van der Waals surface area contributed by atoms with Gasteiger partial charge in [-0.1, -0.05) is 5.11 Å². The molecule has 1 aliphatic rings. The molecule has 0 aliphatic carbocycles. The Morgan fingerprint density at radius 3 is 3.08 bits per heavy atom. The Kier molecular flexibility index (Phi) is 3.44. The molecule has 0 amide bonds. The van der Waals surface area contributed by atoms with E-state index in [1.807, 2.05) is 0 Å². The molecule has 7 heteroatoms. The fourth-order valence-electron chi connectivity index (χ4n) is 1.16. The van der Waals surface area contributed by atoms with Gasteiger partial charge < -0.3 is 15.6 Å². The highest BCUT2D eigenvalue weighted by Gasteiger charge is 2.37. The SMILES string of the molecule is [N-]=[N+]=NC[C@H]1OC[C@H](N)[C@@H](F)[C@H]1O. The van der Waals surface area contributed by atoms with Crippen LogP contribution in [0.25, 0.3) is 10.4 Å². The summed E-state index contributed by atoms with van der Waals surface area (Å²) >= 11 is 0. The molecule has 0 bridgehead atoms. The molecule has 1 rings (SSSR count). The minimum atomic E-state index is -1.52. The fourth-order valence-corrected chi connectivity index (χ4v) is 1.16. The maximum atomic E-state index is 13.1. The minimum absolute atomic E-state index is 0.0316. The van der Waals surface area contributed by atoms with E-state index in [2.05, 4.69) is 10.0 Å². The number of azide groups is 1. The first kappa shape index (κ1) is 10.2. The normalized spacial score (nSPS) is 39.6. The van der Waals surface area contributed by atoms with Crippen LogP contribution in [0.4, 0.5) is 4.39 Å². The molecule has 0 aromatic rings. The van der Waals surface area contributed by atoms with Gasteiger partial charge in [-0.3, -0.25) is 0 Å². The summed E-state index contributed by atoms with van der Waals surface area (Å²) < 4.78 is 18.1. The smallest absolute Gasteiger partial charge is 0.146 e. The number of hydrogen-bond acceptors (Lipinski definition) is 4. The van der Waals surface area contributed by atoms with E-state index in [4.69, 9.17) is 16.0 Å². The van der Waals surface area contributed by atoms with Crippen molar-refractivity contribution >= 4 is 0 Å². The number of aliphatic hydroxyl groups is 1. The summed E-state index contributed by atoms with van der Waals surface area (Å²) in [5, 5.41) is 12.5. The lowest BCUT2D eigenvalue weighted by Crippen LogP contribution is -2.55. The second-order valence-electron chi connectivity index (χ2n) is 2.88. The summed E-state index contributed by atoms with van der Waals surface area (Å²) in [6.45, 7) is -0.0470. The summed E-state index contributed by atoms with van der Waals surface area (Å²) in [6, 6.07) is -0.808. The monoisotopic (exact) mass is 190 g/mol. The average molecular weight is 190 g/mol. The molecule has 1 saturated heterocycles. The molecule has 1 heterocycles. The third-order valence-corrected chi connectivity index (χ3v) is 1.94. The molecule has 0 radical (unpaired) electrons. The molecule has 0 saturated carbocycles. The van der Waals surface area contributed by atoms with Gasteiger partial charge in [-0.15, -0.1) is 0 Å². The van der Waals surface area contributed by atoms with E-state index in [0.29, 0.717) is 0 Å². The standard InChI is InChI=1S/C6H11FN4O2/c7-5-3(8)2-13-4(6(5)12)1-10-11-9/h3-6,12H,1-2,8H2/t3-,4+,5+,6-/m0/s1. The number of halogens is 1. The van der Waals surface area contributed by atoms with Crippen LogP contribution in [-0.2, 0) is 4.74 Å². The highest BCUT2D eigenvalue weighted by Crippen LogP contribution is 2.17. The number of ether oxygens (including phenoxy) is 1. The third-order valence-electron chi connectivity index (χ3n) is 1.94. The van der Waals surface area contributed by atoms with Gasteiger partial charge in [0, 0.05) is 4.91 Å². The van der Waals surface area contributed by atoms with E-state index in [0.717, 1.165) is 0 Å². The summed E-state index contributed by atoms with van der Waals surface area (Å²) in [5.74, 6) is 0. The number of rotatable bonds is 2. The van der Waals surface area contributed by atoms with E-state index in [1.54, 1.807) is 0 Å². The van der Waals surface area contributed by atoms with E-state index in [9.17, 15) is 9.50 Å². The van der Waals surface area contributed by atoms with Crippen LogP contribution in [-0.4, -0.2) is 42.7 Å². The van der Waals surface area contributed by atoms with Crippen molar-refractivity contribution < 1.29 is 14.2 Å². The zero-order chi connectivity index (χ0) is 9.84. The average Bonchev–Trinajstić information content (AvgIpc) is 2.13. The molecule has 3 N–H and O–H groups in total. The third kappa shape index (κ3) is 2.28. The zero-order valence-corrected chi connectivity index (χ0v) is 6.88. The Labute approximate surface area is 74.1 Å². The van der Waals surface area contributed by atoms with Crippen molar-refractivity contribution in [3.63, 3.8) is 0 Å². The molecule has 1 fully saturated rings. The van der Waals surface area contributed by atoms with Crippen molar-refractivity contribution in [1.82, 2.24) is 0 Å². The van der Waals surface area contributed by atoms with Crippen LogP contribution in [0.15, 0.2) is 5.11 Å². The highest BCUT2D eigenvalue weighted by molar-refractivity contribution is 4.90. The van der Waals surface area contributed by atoms with Crippen molar-refractivity contribution in [2.45, 2.75) is 24.4 Å². The zero-order valence-electron chi connectivity index (χ0n) is 6.88. The van der Waals surface area contributed by atoms with Gasteiger partial charge in [0.1, 0.15) is 12.3 Å². The number of aliphatic hydroxyl groups excluding tert-OH is 1. The largest absolute Gasteiger partial charge is 0.387 e. The van der Waals surface area contributed by atoms with Crippen LogP contribution >= 0.6 is 0 Å². The number of nitrogens with zero attached hydrogens (tertiary/aromatic N) is 3.